The maximum Gasteiger partial charge on any atom is 0.410 e. The first-order valence-electron chi connectivity index (χ1n) is 6.31. The Morgan fingerprint density at radius 2 is 1.89 bits per heavy atom. The number of hydrogen-bond acceptors (Lipinski definition) is 5. The topological polar surface area (TPSA) is 72.9 Å². The normalized spacial score (nSPS) is 23.7. The minimum Gasteiger partial charge on any atom is -0.469 e. The van der Waals surface area contributed by atoms with Gasteiger partial charge in [-0.2, -0.15) is 0 Å². The van der Waals surface area contributed by atoms with Crippen molar-refractivity contribution >= 4 is 18.3 Å². The number of nitrogens with zero attached hydrogens (tertiary/aromatic N) is 1. The lowest BCUT2D eigenvalue weighted by Crippen LogP contribution is -2.51. The summed E-state index contributed by atoms with van der Waals surface area (Å²) in [5, 5.41) is 0. The molecule has 0 spiro atoms. The van der Waals surface area contributed by atoms with Crippen LogP contribution >= 0.6 is 0 Å². The monoisotopic (exact) mass is 271 g/mol. The fourth-order valence-electron chi connectivity index (χ4n) is 2.02. The molecule has 6 nitrogen and oxygen atoms in total. The molecule has 0 radical (unpaired) electrons. The Hall–Kier alpha value is -1.59. The minimum atomic E-state index is -0.636. The summed E-state index contributed by atoms with van der Waals surface area (Å²) < 4.78 is 9.93. The number of methoxy groups -OCH3 is 1. The van der Waals surface area contributed by atoms with Crippen LogP contribution in [0.25, 0.3) is 0 Å². The van der Waals surface area contributed by atoms with Crippen LogP contribution in [0.3, 0.4) is 0 Å². The van der Waals surface area contributed by atoms with Gasteiger partial charge in [0.2, 0.25) is 0 Å². The molecule has 1 saturated heterocycles. The molecule has 1 amide bonds. The molecule has 1 aliphatic rings. The molecule has 0 aromatic carbocycles. The number of ether oxygens (including phenoxy) is 2. The van der Waals surface area contributed by atoms with E-state index in [1.165, 1.54) is 12.0 Å². The van der Waals surface area contributed by atoms with Gasteiger partial charge >= 0.3 is 12.1 Å². The molecule has 108 valence electrons. The van der Waals surface area contributed by atoms with Crippen molar-refractivity contribution in [2.45, 2.75) is 45.3 Å². The minimum absolute atomic E-state index is 0.158. The fourth-order valence-corrected chi connectivity index (χ4v) is 2.02. The van der Waals surface area contributed by atoms with Gasteiger partial charge in [0, 0.05) is 6.54 Å². The highest BCUT2D eigenvalue weighted by atomic mass is 16.6. The number of carbonyl (C=O) groups excluding carboxylic acids is 3. The van der Waals surface area contributed by atoms with Crippen LogP contribution in [-0.2, 0) is 19.1 Å². The van der Waals surface area contributed by atoms with Crippen LogP contribution in [0.2, 0.25) is 0 Å². The van der Waals surface area contributed by atoms with E-state index < -0.39 is 23.7 Å². The lowest BCUT2D eigenvalue weighted by atomic mass is 9.93. The quantitative estimate of drug-likeness (QED) is 0.560. The number of piperidine rings is 1. The van der Waals surface area contributed by atoms with Crippen LogP contribution in [0.1, 0.15) is 33.6 Å². The number of esters is 1. The van der Waals surface area contributed by atoms with E-state index in [1.54, 1.807) is 20.8 Å². The second-order valence-electron chi connectivity index (χ2n) is 5.63. The van der Waals surface area contributed by atoms with E-state index in [4.69, 9.17) is 4.74 Å². The number of hydrogen-bond donors (Lipinski definition) is 0. The Morgan fingerprint density at radius 1 is 1.26 bits per heavy atom. The largest absolute Gasteiger partial charge is 0.469 e. The van der Waals surface area contributed by atoms with Gasteiger partial charge in [-0.15, -0.1) is 0 Å². The van der Waals surface area contributed by atoms with Crippen LogP contribution in [0, 0.1) is 5.92 Å². The predicted octanol–water partition coefficient (Wildman–Crippen LogP) is 1.37. The van der Waals surface area contributed by atoms with E-state index in [0.29, 0.717) is 12.8 Å². The lowest BCUT2D eigenvalue weighted by Gasteiger charge is -2.36. The van der Waals surface area contributed by atoms with Crippen molar-refractivity contribution in [2.24, 2.45) is 5.92 Å². The van der Waals surface area contributed by atoms with Crippen LogP contribution in [0.15, 0.2) is 0 Å². The summed E-state index contributed by atoms with van der Waals surface area (Å²) in [6, 6.07) is -0.532. The highest BCUT2D eigenvalue weighted by molar-refractivity contribution is 5.77. The molecule has 2 atom stereocenters. The van der Waals surface area contributed by atoms with Gasteiger partial charge in [0.1, 0.15) is 11.9 Å². The van der Waals surface area contributed by atoms with Gasteiger partial charge in [-0.3, -0.25) is 9.69 Å². The number of aldehydes is 1. The highest BCUT2D eigenvalue weighted by Gasteiger charge is 2.37. The third kappa shape index (κ3) is 4.22. The molecule has 0 N–H and O–H groups in total. The summed E-state index contributed by atoms with van der Waals surface area (Å²) in [6.45, 7) is 5.42. The zero-order valence-corrected chi connectivity index (χ0v) is 11.8. The highest BCUT2D eigenvalue weighted by Crippen LogP contribution is 2.24. The van der Waals surface area contributed by atoms with Crippen molar-refractivity contribution in [2.75, 3.05) is 13.7 Å². The summed E-state index contributed by atoms with van der Waals surface area (Å²) in [6.07, 6.45) is 1.13. The van der Waals surface area contributed by atoms with Crippen LogP contribution in [0.5, 0.6) is 0 Å². The van der Waals surface area contributed by atoms with Crippen molar-refractivity contribution in [3.8, 4) is 0 Å². The van der Waals surface area contributed by atoms with Gasteiger partial charge in [-0.25, -0.2) is 4.79 Å². The molecule has 1 fully saturated rings. The van der Waals surface area contributed by atoms with Gasteiger partial charge < -0.3 is 14.3 Å². The smallest absolute Gasteiger partial charge is 0.410 e. The molecule has 1 rings (SSSR count). The summed E-state index contributed by atoms with van der Waals surface area (Å²) in [4.78, 5) is 35.9. The molecule has 1 heterocycles. The van der Waals surface area contributed by atoms with Crippen molar-refractivity contribution in [1.82, 2.24) is 4.90 Å². The third-order valence-corrected chi connectivity index (χ3v) is 2.95. The average molecular weight is 271 g/mol. The molecule has 0 bridgehead atoms. The van der Waals surface area contributed by atoms with Crippen LogP contribution in [-0.4, -0.2) is 48.5 Å². The predicted molar refractivity (Wildman–Crippen MR) is 67.5 cm³/mol. The molecule has 6 heteroatoms. The molecule has 0 aromatic heterocycles. The maximum atomic E-state index is 12.0. The van der Waals surface area contributed by atoms with Gasteiger partial charge in [-0.05, 0) is 33.6 Å². The van der Waals surface area contributed by atoms with E-state index >= 15 is 0 Å². The van der Waals surface area contributed by atoms with E-state index in [1.807, 2.05) is 0 Å². The zero-order valence-electron chi connectivity index (χ0n) is 11.8. The number of likely N-dealkylation sites (tertiary alicyclic amines) is 1. The van der Waals surface area contributed by atoms with E-state index in [-0.39, 0.29) is 12.5 Å². The molecule has 0 aromatic rings. The first-order chi connectivity index (χ1) is 8.78. The molecule has 19 heavy (non-hydrogen) atoms. The lowest BCUT2D eigenvalue weighted by molar-refractivity contribution is -0.148. The van der Waals surface area contributed by atoms with Crippen LogP contribution in [0.4, 0.5) is 4.79 Å². The first kappa shape index (κ1) is 15.5. The summed E-state index contributed by atoms with van der Waals surface area (Å²) in [7, 11) is 1.31. The number of carbonyl (C=O) groups is 3. The fraction of sp³-hybridized carbons (Fsp3) is 0.769. The SMILES string of the molecule is COC(=O)[C@H]1CC[C@H](C=O)N(C(=O)OC(C)(C)C)C1. The Labute approximate surface area is 113 Å². The average Bonchev–Trinajstić information content (AvgIpc) is 2.35. The Kier molecular flexibility index (Phi) is 4.91. The summed E-state index contributed by atoms with van der Waals surface area (Å²) >= 11 is 0. The zero-order chi connectivity index (χ0) is 14.6. The van der Waals surface area contributed by atoms with Crippen molar-refractivity contribution in [3.05, 3.63) is 0 Å². The molecular formula is C13H21NO5. The third-order valence-electron chi connectivity index (χ3n) is 2.95. The molecule has 1 aliphatic heterocycles. The first-order valence-corrected chi connectivity index (χ1v) is 6.31. The standard InChI is InChI=1S/C13H21NO5/c1-13(2,3)19-12(17)14-7-9(11(16)18-4)5-6-10(14)8-15/h8-10H,5-7H2,1-4H3/t9-,10+/m0/s1. The number of amides is 1. The van der Waals surface area contributed by atoms with Gasteiger partial charge in [-0.1, -0.05) is 0 Å². The molecule has 0 saturated carbocycles. The van der Waals surface area contributed by atoms with Crippen molar-refractivity contribution in [3.63, 3.8) is 0 Å². The number of rotatable bonds is 2. The summed E-state index contributed by atoms with van der Waals surface area (Å²) in [5.74, 6) is -0.758. The van der Waals surface area contributed by atoms with E-state index in [9.17, 15) is 14.4 Å². The second kappa shape index (κ2) is 6.04. The van der Waals surface area contributed by atoms with Crippen molar-refractivity contribution in [1.29, 1.82) is 0 Å². The summed E-state index contributed by atoms with van der Waals surface area (Å²) in [5.41, 5.74) is -0.636. The second-order valence-corrected chi connectivity index (χ2v) is 5.63. The van der Waals surface area contributed by atoms with Crippen molar-refractivity contribution < 1.29 is 23.9 Å². The maximum absolute atomic E-state index is 12.0. The van der Waals surface area contributed by atoms with E-state index in [0.717, 1.165) is 6.29 Å². The molecule has 0 aliphatic carbocycles. The van der Waals surface area contributed by atoms with Gasteiger partial charge in [0.05, 0.1) is 19.1 Å². The molecule has 0 unspecified atom stereocenters. The van der Waals surface area contributed by atoms with Gasteiger partial charge in [0.15, 0.2) is 0 Å². The van der Waals surface area contributed by atoms with Gasteiger partial charge in [0.25, 0.3) is 0 Å². The van der Waals surface area contributed by atoms with E-state index in [2.05, 4.69) is 4.74 Å². The Balaban J connectivity index is 2.77. The van der Waals surface area contributed by atoms with Crippen LogP contribution < -0.4 is 0 Å². The Morgan fingerprint density at radius 3 is 2.37 bits per heavy atom. The Bertz CT molecular complexity index is 361. The molecular weight excluding hydrogens is 250 g/mol.